The van der Waals surface area contributed by atoms with Gasteiger partial charge in [0.2, 0.25) is 5.91 Å². The van der Waals surface area contributed by atoms with E-state index in [2.05, 4.69) is 11.3 Å². The molecule has 2 fully saturated rings. The summed E-state index contributed by atoms with van der Waals surface area (Å²) < 4.78 is 27.4. The zero-order valence-corrected chi connectivity index (χ0v) is 26.0. The minimum Gasteiger partial charge on any atom is -0.598 e. The second-order valence-electron chi connectivity index (χ2n) is 12.1. The van der Waals surface area contributed by atoms with Gasteiger partial charge in [0.1, 0.15) is 22.7 Å². The highest BCUT2D eigenvalue weighted by Crippen LogP contribution is 2.41. The van der Waals surface area contributed by atoms with Crippen molar-refractivity contribution in [3.63, 3.8) is 0 Å². The van der Waals surface area contributed by atoms with E-state index in [1.54, 1.807) is 23.1 Å². The molecule has 8 nitrogen and oxygen atoms in total. The molecule has 0 radical (unpaired) electrons. The van der Waals surface area contributed by atoms with Crippen LogP contribution in [0.2, 0.25) is 10.0 Å². The zero-order valence-electron chi connectivity index (χ0n) is 23.7. The molecule has 0 aliphatic carbocycles. The van der Waals surface area contributed by atoms with E-state index in [9.17, 15) is 14.1 Å². The molecule has 2 aliphatic rings. The first-order valence-corrected chi connectivity index (χ1v) is 15.2. The van der Waals surface area contributed by atoms with Gasteiger partial charge < -0.3 is 23.8 Å². The number of nitrogens with zero attached hydrogens (tertiary/aromatic N) is 2. The fourth-order valence-electron chi connectivity index (χ4n) is 4.59. The van der Waals surface area contributed by atoms with Gasteiger partial charge in [-0.25, -0.2) is 4.79 Å². The second-order valence-corrected chi connectivity index (χ2v) is 14.9. The summed E-state index contributed by atoms with van der Waals surface area (Å²) in [7, 11) is 0. The fourth-order valence-corrected chi connectivity index (χ4v) is 5.82. The predicted octanol–water partition coefficient (Wildman–Crippen LogP) is 5.76. The van der Waals surface area contributed by atoms with Crippen LogP contribution in [0.3, 0.4) is 0 Å². The molecule has 0 bridgehead atoms. The lowest BCUT2D eigenvalue weighted by molar-refractivity contribution is -0.142. The van der Waals surface area contributed by atoms with Crippen LogP contribution in [0, 0.1) is 11.8 Å². The molecule has 2 amide bonds. The maximum absolute atomic E-state index is 13.2. The number of rotatable bonds is 8. The Balaban J connectivity index is 1.71. The largest absolute Gasteiger partial charge is 0.598 e. The van der Waals surface area contributed by atoms with Gasteiger partial charge in [-0.1, -0.05) is 35.9 Å². The van der Waals surface area contributed by atoms with E-state index in [0.29, 0.717) is 54.8 Å². The lowest BCUT2D eigenvalue weighted by atomic mass is 9.85. The first-order valence-electron chi connectivity index (χ1n) is 13.3. The Bertz CT molecular complexity index is 1040. The number of ether oxygens (including phenoxy) is 2. The van der Waals surface area contributed by atoms with Crippen molar-refractivity contribution in [2.45, 2.75) is 70.8 Å². The first kappa shape index (κ1) is 31.9. The Morgan fingerprint density at radius 2 is 1.72 bits per heavy atom. The van der Waals surface area contributed by atoms with E-state index in [1.807, 2.05) is 46.4 Å². The zero-order chi connectivity index (χ0) is 29.1. The molecular formula is C28H41Cl2N3O5S. The Labute approximate surface area is 245 Å². The molecule has 2 atom stereocenters. The molecule has 3 rings (SSSR count). The fraction of sp³-hybridized carbons (Fsp3) is 0.643. The van der Waals surface area contributed by atoms with Gasteiger partial charge in [-0.15, -0.1) is 4.72 Å². The minimum absolute atomic E-state index is 0.0561. The number of carbonyl (C=O) groups is 2. The summed E-state index contributed by atoms with van der Waals surface area (Å²) >= 11 is 11.4. The van der Waals surface area contributed by atoms with Gasteiger partial charge in [-0.2, -0.15) is 0 Å². The molecule has 2 saturated heterocycles. The van der Waals surface area contributed by atoms with E-state index < -0.39 is 21.7 Å². The maximum atomic E-state index is 13.2. The standard InChI is InChI=1S/C28H41Cl2N3O5S/c1-8-13-37-23-15-22(30)21(29)14-20(23)24(31-39(36)28(5,6)7)18-9-11-32(12-10-18)25(34)19-16-33(17-19)26(35)38-27(2,3)4/h8,14-15,18-19,24,31H,1,9-13,16-17H2,2-7H3. The van der Waals surface area contributed by atoms with E-state index in [4.69, 9.17) is 32.7 Å². The summed E-state index contributed by atoms with van der Waals surface area (Å²) in [6.07, 6.45) is 2.67. The van der Waals surface area contributed by atoms with Gasteiger partial charge in [-0.05, 0) is 66.4 Å². The molecule has 218 valence electrons. The number of piperidine rings is 1. The van der Waals surface area contributed by atoms with Crippen LogP contribution in [0.1, 0.15) is 66.0 Å². The van der Waals surface area contributed by atoms with Crippen molar-refractivity contribution >= 4 is 46.6 Å². The van der Waals surface area contributed by atoms with Crippen LogP contribution in [0.15, 0.2) is 24.8 Å². The van der Waals surface area contributed by atoms with Gasteiger partial charge in [0.25, 0.3) is 0 Å². The Morgan fingerprint density at radius 3 is 2.26 bits per heavy atom. The quantitative estimate of drug-likeness (QED) is 0.301. The highest BCUT2D eigenvalue weighted by Gasteiger charge is 2.42. The summed E-state index contributed by atoms with van der Waals surface area (Å²) in [6.45, 7) is 17.1. The topological polar surface area (TPSA) is 94.2 Å². The van der Waals surface area contributed by atoms with Crippen LogP contribution >= 0.6 is 23.2 Å². The molecule has 0 aromatic heterocycles. The maximum Gasteiger partial charge on any atom is 0.410 e. The first-order chi connectivity index (χ1) is 18.1. The van der Waals surface area contributed by atoms with Gasteiger partial charge >= 0.3 is 6.09 Å². The number of benzene rings is 1. The van der Waals surface area contributed by atoms with Crippen LogP contribution < -0.4 is 9.46 Å². The molecule has 0 saturated carbocycles. The minimum atomic E-state index is -1.36. The SMILES string of the molecule is C=CCOc1cc(Cl)c(Cl)cc1C(N[S+]([O-])C(C)(C)C)C1CCN(C(=O)C2CN(C(=O)OC(C)(C)C)C2)CC1. The van der Waals surface area contributed by atoms with Crippen molar-refractivity contribution in [1.29, 1.82) is 0 Å². The van der Waals surface area contributed by atoms with Crippen LogP contribution in [0.4, 0.5) is 4.79 Å². The number of hydrogen-bond acceptors (Lipinski definition) is 6. The summed E-state index contributed by atoms with van der Waals surface area (Å²) in [5, 5.41) is 0.759. The number of carbonyl (C=O) groups excluding carboxylic acids is 2. The van der Waals surface area contributed by atoms with Gasteiger partial charge in [0, 0.05) is 49.2 Å². The molecule has 1 aromatic carbocycles. The third kappa shape index (κ3) is 8.43. The molecule has 39 heavy (non-hydrogen) atoms. The van der Waals surface area contributed by atoms with E-state index >= 15 is 0 Å². The molecule has 2 aliphatic heterocycles. The Kier molecular flexibility index (Phi) is 10.5. The van der Waals surface area contributed by atoms with Crippen LogP contribution in [0.5, 0.6) is 5.75 Å². The molecule has 2 heterocycles. The lowest BCUT2D eigenvalue weighted by Gasteiger charge is -2.43. The van der Waals surface area contributed by atoms with Crippen molar-refractivity contribution in [2.24, 2.45) is 11.8 Å². The second kappa shape index (κ2) is 12.9. The Morgan fingerprint density at radius 1 is 1.13 bits per heavy atom. The lowest BCUT2D eigenvalue weighted by Crippen LogP contribution is -2.58. The molecule has 0 spiro atoms. The molecule has 1 N–H and O–H groups in total. The van der Waals surface area contributed by atoms with Crippen LogP contribution in [-0.2, 0) is 20.9 Å². The average Bonchev–Trinajstić information content (AvgIpc) is 2.80. The number of likely N-dealkylation sites (tertiary alicyclic amines) is 2. The van der Waals surface area contributed by atoms with Crippen molar-refractivity contribution in [3.05, 3.63) is 40.4 Å². The average molecular weight is 603 g/mol. The van der Waals surface area contributed by atoms with E-state index in [0.717, 1.165) is 5.56 Å². The van der Waals surface area contributed by atoms with Gasteiger partial charge in [0.15, 0.2) is 0 Å². The summed E-state index contributed by atoms with van der Waals surface area (Å²) in [5.74, 6) is 0.470. The van der Waals surface area contributed by atoms with Crippen molar-refractivity contribution < 1.29 is 23.6 Å². The van der Waals surface area contributed by atoms with Gasteiger partial charge in [-0.3, -0.25) is 4.79 Å². The van der Waals surface area contributed by atoms with Crippen LogP contribution in [0.25, 0.3) is 0 Å². The summed E-state index contributed by atoms with van der Waals surface area (Å²) in [4.78, 5) is 28.9. The number of hydrogen-bond donors (Lipinski definition) is 1. The Hall–Kier alpha value is -1.65. The smallest absolute Gasteiger partial charge is 0.410 e. The van der Waals surface area contributed by atoms with E-state index in [-0.39, 0.29) is 36.5 Å². The van der Waals surface area contributed by atoms with Gasteiger partial charge in [0.05, 0.1) is 22.0 Å². The van der Waals surface area contributed by atoms with Crippen molar-refractivity contribution in [3.8, 4) is 5.75 Å². The predicted molar refractivity (Wildman–Crippen MR) is 157 cm³/mol. The molecular weight excluding hydrogens is 561 g/mol. The third-order valence-corrected chi connectivity index (χ3v) is 9.04. The monoisotopic (exact) mass is 601 g/mol. The summed E-state index contributed by atoms with van der Waals surface area (Å²) in [6, 6.07) is 3.13. The third-order valence-electron chi connectivity index (χ3n) is 6.74. The van der Waals surface area contributed by atoms with Crippen molar-refractivity contribution in [2.75, 3.05) is 32.8 Å². The molecule has 2 unspecified atom stereocenters. The highest BCUT2D eigenvalue weighted by atomic mass is 35.5. The van der Waals surface area contributed by atoms with Crippen LogP contribution in [-0.4, -0.2) is 69.5 Å². The number of halogens is 2. The van der Waals surface area contributed by atoms with E-state index in [1.165, 1.54) is 0 Å². The highest BCUT2D eigenvalue weighted by molar-refractivity contribution is 7.90. The van der Waals surface area contributed by atoms with Crippen molar-refractivity contribution in [1.82, 2.24) is 14.5 Å². The molecule has 11 heteroatoms. The number of amides is 2. The summed E-state index contributed by atoms with van der Waals surface area (Å²) in [5.41, 5.74) is 0.209. The molecule has 1 aromatic rings. The number of nitrogens with one attached hydrogen (secondary N) is 1. The normalized spacial score (nSPS) is 18.8.